The number of rotatable bonds is 1. The molecule has 2 N–H and O–H groups in total. The van der Waals surface area contributed by atoms with Crippen LogP contribution in [0.5, 0.6) is 0 Å². The number of allylic oxidation sites excluding steroid dienone is 1. The Bertz CT molecular complexity index is 174. The molecule has 1 unspecified atom stereocenters. The molecule has 10 heavy (non-hydrogen) atoms. The van der Waals surface area contributed by atoms with Crippen molar-refractivity contribution in [2.24, 2.45) is 11.1 Å². The number of amides is 1. The van der Waals surface area contributed by atoms with E-state index in [9.17, 15) is 4.79 Å². The summed E-state index contributed by atoms with van der Waals surface area (Å²) in [5.41, 5.74) is 4.85. The first-order valence-electron chi connectivity index (χ1n) is 3.63. The Hall–Kier alpha value is -0.790. The van der Waals surface area contributed by atoms with E-state index in [-0.39, 0.29) is 11.3 Å². The molecule has 1 aliphatic rings. The quantitative estimate of drug-likeness (QED) is 0.545. The molecule has 0 heterocycles. The van der Waals surface area contributed by atoms with E-state index in [0.717, 1.165) is 19.3 Å². The summed E-state index contributed by atoms with van der Waals surface area (Å²) < 4.78 is 0. The second kappa shape index (κ2) is 2.45. The third-order valence-electron chi connectivity index (χ3n) is 2.12. The minimum atomic E-state index is -0.363. The number of hydrogen-bond acceptors (Lipinski definition) is 1. The predicted octanol–water partition coefficient (Wildman–Crippen LogP) is 1.22. The van der Waals surface area contributed by atoms with Crippen LogP contribution < -0.4 is 5.73 Å². The maximum Gasteiger partial charge on any atom is 0.227 e. The van der Waals surface area contributed by atoms with Crippen molar-refractivity contribution in [1.82, 2.24) is 0 Å². The van der Waals surface area contributed by atoms with Crippen LogP contribution in [0.3, 0.4) is 0 Å². The summed E-state index contributed by atoms with van der Waals surface area (Å²) in [5, 5.41) is 0. The van der Waals surface area contributed by atoms with E-state index in [1.165, 1.54) is 0 Å². The van der Waals surface area contributed by atoms with Crippen molar-refractivity contribution in [3.63, 3.8) is 0 Å². The average Bonchev–Trinajstić information content (AvgIpc) is 1.89. The lowest BCUT2D eigenvalue weighted by molar-refractivity contribution is -0.125. The molecule has 0 fully saturated rings. The number of carbonyl (C=O) groups is 1. The maximum absolute atomic E-state index is 10.8. The van der Waals surface area contributed by atoms with E-state index < -0.39 is 0 Å². The summed E-state index contributed by atoms with van der Waals surface area (Å²) in [6.45, 7) is 1.89. The van der Waals surface area contributed by atoms with Crippen LogP contribution in [0.25, 0.3) is 0 Å². The lowest BCUT2D eigenvalue weighted by Gasteiger charge is -2.24. The van der Waals surface area contributed by atoms with Crippen LogP contribution in [0.15, 0.2) is 12.2 Å². The molecule has 0 spiro atoms. The summed E-state index contributed by atoms with van der Waals surface area (Å²) in [6.07, 6.45) is 7.03. The van der Waals surface area contributed by atoms with Gasteiger partial charge in [-0.3, -0.25) is 4.79 Å². The van der Waals surface area contributed by atoms with Crippen molar-refractivity contribution < 1.29 is 4.79 Å². The Morgan fingerprint density at radius 3 is 2.70 bits per heavy atom. The Morgan fingerprint density at radius 2 is 2.40 bits per heavy atom. The Labute approximate surface area is 61.1 Å². The van der Waals surface area contributed by atoms with Crippen LogP contribution in [0.4, 0.5) is 0 Å². The first-order valence-corrected chi connectivity index (χ1v) is 3.63. The van der Waals surface area contributed by atoms with Crippen molar-refractivity contribution in [2.45, 2.75) is 26.2 Å². The molecule has 1 aliphatic carbocycles. The zero-order valence-electron chi connectivity index (χ0n) is 6.26. The summed E-state index contributed by atoms with van der Waals surface area (Å²) >= 11 is 0. The average molecular weight is 139 g/mol. The highest BCUT2D eigenvalue weighted by molar-refractivity contribution is 5.82. The van der Waals surface area contributed by atoms with Crippen molar-refractivity contribution in [3.8, 4) is 0 Å². The van der Waals surface area contributed by atoms with E-state index in [1.54, 1.807) is 0 Å². The molecule has 0 radical (unpaired) electrons. The zero-order chi connectivity index (χ0) is 7.61. The predicted molar refractivity (Wildman–Crippen MR) is 40.3 cm³/mol. The number of hydrogen-bond donors (Lipinski definition) is 1. The van der Waals surface area contributed by atoms with Gasteiger partial charge in [-0.25, -0.2) is 0 Å². The van der Waals surface area contributed by atoms with Gasteiger partial charge in [0.1, 0.15) is 0 Å². The second-order valence-electron chi connectivity index (χ2n) is 3.08. The minimum Gasteiger partial charge on any atom is -0.369 e. The highest BCUT2D eigenvalue weighted by atomic mass is 16.1. The van der Waals surface area contributed by atoms with Gasteiger partial charge in [0.15, 0.2) is 0 Å². The molecule has 2 heteroatoms. The lowest BCUT2D eigenvalue weighted by atomic mass is 9.80. The maximum atomic E-state index is 10.8. The highest BCUT2D eigenvalue weighted by Gasteiger charge is 2.28. The van der Waals surface area contributed by atoms with Gasteiger partial charge in [0.05, 0.1) is 5.41 Å². The van der Waals surface area contributed by atoms with Crippen LogP contribution in [-0.4, -0.2) is 5.91 Å². The fraction of sp³-hybridized carbons (Fsp3) is 0.625. The van der Waals surface area contributed by atoms with Crippen LogP contribution >= 0.6 is 0 Å². The SMILES string of the molecule is CC1(C(N)=O)C=CCCC1. The fourth-order valence-electron chi connectivity index (χ4n) is 1.22. The van der Waals surface area contributed by atoms with E-state index in [1.807, 2.05) is 19.1 Å². The third-order valence-corrected chi connectivity index (χ3v) is 2.12. The molecule has 0 aromatic heterocycles. The lowest BCUT2D eigenvalue weighted by Crippen LogP contribution is -2.33. The number of carbonyl (C=O) groups excluding carboxylic acids is 1. The van der Waals surface area contributed by atoms with Crippen LogP contribution in [0.1, 0.15) is 26.2 Å². The molecule has 56 valence electrons. The molecule has 1 amide bonds. The third kappa shape index (κ3) is 1.20. The van der Waals surface area contributed by atoms with Gasteiger partial charge in [-0.2, -0.15) is 0 Å². The first-order chi connectivity index (χ1) is 4.65. The molecule has 0 aliphatic heterocycles. The molecule has 1 rings (SSSR count). The van der Waals surface area contributed by atoms with Gasteiger partial charge in [-0.1, -0.05) is 12.2 Å². The van der Waals surface area contributed by atoms with Gasteiger partial charge in [-0.15, -0.1) is 0 Å². The van der Waals surface area contributed by atoms with Crippen LogP contribution in [0, 0.1) is 5.41 Å². The minimum absolute atomic E-state index is 0.205. The Balaban J connectivity index is 2.75. The summed E-state index contributed by atoms with van der Waals surface area (Å²) in [5.74, 6) is -0.205. The largest absolute Gasteiger partial charge is 0.369 e. The van der Waals surface area contributed by atoms with E-state index >= 15 is 0 Å². The van der Waals surface area contributed by atoms with Gasteiger partial charge in [0.2, 0.25) is 5.91 Å². The van der Waals surface area contributed by atoms with Gasteiger partial charge in [0, 0.05) is 0 Å². The Kier molecular flexibility index (Phi) is 1.79. The molecular weight excluding hydrogens is 126 g/mol. The molecular formula is C8H13NO. The summed E-state index contributed by atoms with van der Waals surface area (Å²) in [4.78, 5) is 10.8. The molecule has 0 saturated heterocycles. The van der Waals surface area contributed by atoms with Crippen LogP contribution in [0.2, 0.25) is 0 Å². The fourth-order valence-corrected chi connectivity index (χ4v) is 1.22. The van der Waals surface area contributed by atoms with Crippen molar-refractivity contribution >= 4 is 5.91 Å². The van der Waals surface area contributed by atoms with Gasteiger partial charge >= 0.3 is 0 Å². The first kappa shape index (κ1) is 7.32. The molecule has 1 atom stereocenters. The molecule has 0 bridgehead atoms. The highest BCUT2D eigenvalue weighted by Crippen LogP contribution is 2.29. The smallest absolute Gasteiger partial charge is 0.227 e. The summed E-state index contributed by atoms with van der Waals surface area (Å²) in [6, 6.07) is 0. The van der Waals surface area contributed by atoms with Crippen molar-refractivity contribution in [2.75, 3.05) is 0 Å². The second-order valence-corrected chi connectivity index (χ2v) is 3.08. The van der Waals surface area contributed by atoms with E-state index in [4.69, 9.17) is 5.73 Å². The van der Waals surface area contributed by atoms with Gasteiger partial charge in [0.25, 0.3) is 0 Å². The zero-order valence-corrected chi connectivity index (χ0v) is 6.26. The summed E-state index contributed by atoms with van der Waals surface area (Å²) in [7, 11) is 0. The molecule has 0 aromatic rings. The molecule has 0 saturated carbocycles. The van der Waals surface area contributed by atoms with Crippen molar-refractivity contribution in [1.29, 1.82) is 0 Å². The molecule has 2 nitrogen and oxygen atoms in total. The molecule has 0 aromatic carbocycles. The van der Waals surface area contributed by atoms with Gasteiger partial charge < -0.3 is 5.73 Å². The monoisotopic (exact) mass is 139 g/mol. The Morgan fingerprint density at radius 1 is 1.70 bits per heavy atom. The standard InChI is InChI=1S/C8H13NO/c1-8(7(9)10)5-3-2-4-6-8/h3,5H,2,4,6H2,1H3,(H2,9,10). The number of primary amides is 1. The van der Waals surface area contributed by atoms with E-state index in [2.05, 4.69) is 0 Å². The number of nitrogens with two attached hydrogens (primary N) is 1. The van der Waals surface area contributed by atoms with E-state index in [0.29, 0.717) is 0 Å². The van der Waals surface area contributed by atoms with Crippen LogP contribution in [-0.2, 0) is 4.79 Å². The van der Waals surface area contributed by atoms with Crippen molar-refractivity contribution in [3.05, 3.63) is 12.2 Å². The topological polar surface area (TPSA) is 43.1 Å². The van der Waals surface area contributed by atoms with Gasteiger partial charge in [-0.05, 0) is 26.2 Å². The normalized spacial score (nSPS) is 32.1.